The van der Waals surface area contributed by atoms with Gasteiger partial charge in [-0.25, -0.2) is 9.97 Å². The number of halogens is 2. The smallest absolute Gasteiger partial charge is 0.141 e. The van der Waals surface area contributed by atoms with Crippen LogP contribution in [-0.2, 0) is 0 Å². The Bertz CT molecular complexity index is 1120. The van der Waals surface area contributed by atoms with Crippen molar-refractivity contribution in [1.29, 1.82) is 0 Å². The van der Waals surface area contributed by atoms with Crippen LogP contribution in [0.25, 0.3) is 10.9 Å². The first kappa shape index (κ1) is 20.1. The Morgan fingerprint density at radius 2 is 1.61 bits per heavy atom. The van der Waals surface area contributed by atoms with E-state index in [9.17, 15) is 0 Å². The van der Waals surface area contributed by atoms with Crippen LogP contribution in [0.15, 0.2) is 71.5 Å². The quantitative estimate of drug-likeness (QED) is 0.360. The van der Waals surface area contributed by atoms with Gasteiger partial charge in [-0.2, -0.15) is 0 Å². The minimum absolute atomic E-state index is 0. The van der Waals surface area contributed by atoms with Gasteiger partial charge in [-0.1, -0.05) is 18.2 Å². The Morgan fingerprint density at radius 3 is 2.36 bits per heavy atom. The molecule has 1 N–H and O–H groups in total. The van der Waals surface area contributed by atoms with E-state index in [1.54, 1.807) is 6.33 Å². The lowest BCUT2D eigenvalue weighted by Gasteiger charge is -2.13. The molecular weight excluding hydrogens is 438 g/mol. The Hall–Kier alpha value is -2.63. The van der Waals surface area contributed by atoms with E-state index in [1.165, 1.54) is 11.1 Å². The molecule has 0 aliphatic rings. The maximum absolute atomic E-state index is 5.88. The van der Waals surface area contributed by atoms with Gasteiger partial charge in [-0.3, -0.25) is 0 Å². The molecular formula is C22H19BrClN3O. The molecule has 4 aromatic rings. The normalized spacial score (nSPS) is 10.4. The summed E-state index contributed by atoms with van der Waals surface area (Å²) in [6, 6.07) is 19.8. The lowest BCUT2D eigenvalue weighted by Crippen LogP contribution is -1.98. The summed E-state index contributed by atoms with van der Waals surface area (Å²) in [5.41, 5.74) is 4.27. The van der Waals surface area contributed by atoms with Crippen LogP contribution in [0, 0.1) is 13.8 Å². The van der Waals surface area contributed by atoms with Gasteiger partial charge < -0.3 is 10.1 Å². The number of fused-ring (bicyclic) bond motifs is 1. The number of nitrogens with one attached hydrogen (secondary N) is 1. The second-order valence-corrected chi connectivity index (χ2v) is 7.21. The molecule has 142 valence electrons. The molecule has 0 fully saturated rings. The zero-order valence-electron chi connectivity index (χ0n) is 15.4. The van der Waals surface area contributed by atoms with E-state index in [2.05, 4.69) is 57.2 Å². The molecule has 4 rings (SSSR count). The van der Waals surface area contributed by atoms with E-state index in [4.69, 9.17) is 4.74 Å². The number of hydrogen-bond acceptors (Lipinski definition) is 4. The van der Waals surface area contributed by atoms with Gasteiger partial charge in [0, 0.05) is 9.86 Å². The van der Waals surface area contributed by atoms with Gasteiger partial charge in [-0.05, 0) is 83.4 Å². The molecule has 0 bridgehead atoms. The summed E-state index contributed by atoms with van der Waals surface area (Å²) in [7, 11) is 0. The summed E-state index contributed by atoms with van der Waals surface area (Å²) in [5, 5.41) is 4.40. The summed E-state index contributed by atoms with van der Waals surface area (Å²) in [5.74, 6) is 2.34. The van der Waals surface area contributed by atoms with Crippen LogP contribution in [0.5, 0.6) is 11.5 Å². The fraction of sp³-hybridized carbons (Fsp3) is 0.0909. The van der Waals surface area contributed by atoms with E-state index in [0.717, 1.165) is 38.4 Å². The molecule has 0 spiro atoms. The summed E-state index contributed by atoms with van der Waals surface area (Å²) in [6.07, 6.45) is 1.58. The van der Waals surface area contributed by atoms with Crippen LogP contribution >= 0.6 is 28.3 Å². The van der Waals surface area contributed by atoms with Crippen molar-refractivity contribution in [1.82, 2.24) is 9.97 Å². The third-order valence-electron chi connectivity index (χ3n) is 4.42. The molecule has 0 atom stereocenters. The molecule has 6 heteroatoms. The van der Waals surface area contributed by atoms with Gasteiger partial charge in [0.05, 0.1) is 11.2 Å². The number of hydrogen-bond donors (Lipinski definition) is 1. The number of anilines is 2. The summed E-state index contributed by atoms with van der Waals surface area (Å²) < 4.78 is 6.78. The highest BCUT2D eigenvalue weighted by molar-refractivity contribution is 9.10. The molecule has 3 aromatic carbocycles. The molecule has 0 unspecified atom stereocenters. The maximum atomic E-state index is 5.88. The van der Waals surface area contributed by atoms with Crippen LogP contribution in [0.3, 0.4) is 0 Å². The van der Waals surface area contributed by atoms with Gasteiger partial charge in [0.25, 0.3) is 0 Å². The SMILES string of the molecule is Cc1cc2ncnc(Nc3ccc(Oc4ccccc4)cc3Br)c2cc1C.Cl. The second-order valence-electron chi connectivity index (χ2n) is 6.36. The molecule has 0 aliphatic carbocycles. The van der Waals surface area contributed by atoms with Gasteiger partial charge >= 0.3 is 0 Å². The molecule has 0 aliphatic heterocycles. The average Bonchev–Trinajstić information content (AvgIpc) is 2.66. The molecule has 0 saturated carbocycles. The van der Waals surface area contributed by atoms with Gasteiger partial charge in [0.15, 0.2) is 0 Å². The van der Waals surface area contributed by atoms with E-state index in [1.807, 2.05) is 48.5 Å². The fourth-order valence-corrected chi connectivity index (χ4v) is 3.29. The van der Waals surface area contributed by atoms with Crippen LogP contribution in [-0.4, -0.2) is 9.97 Å². The lowest BCUT2D eigenvalue weighted by molar-refractivity contribution is 0.482. The molecule has 28 heavy (non-hydrogen) atoms. The van der Waals surface area contributed by atoms with Gasteiger partial charge in [0.2, 0.25) is 0 Å². The molecule has 0 saturated heterocycles. The largest absolute Gasteiger partial charge is 0.457 e. The minimum atomic E-state index is 0. The fourth-order valence-electron chi connectivity index (χ4n) is 2.83. The summed E-state index contributed by atoms with van der Waals surface area (Å²) in [4.78, 5) is 8.82. The number of rotatable bonds is 4. The van der Waals surface area contributed by atoms with Crippen molar-refractivity contribution in [3.05, 3.63) is 82.6 Å². The van der Waals surface area contributed by atoms with Crippen molar-refractivity contribution in [2.24, 2.45) is 0 Å². The first-order chi connectivity index (χ1) is 13.1. The number of aromatic nitrogens is 2. The maximum Gasteiger partial charge on any atom is 0.141 e. The Balaban J connectivity index is 0.00000225. The predicted molar refractivity (Wildman–Crippen MR) is 120 cm³/mol. The van der Waals surface area contributed by atoms with E-state index < -0.39 is 0 Å². The number of para-hydroxylation sites is 1. The summed E-state index contributed by atoms with van der Waals surface area (Å²) >= 11 is 3.62. The lowest BCUT2D eigenvalue weighted by atomic mass is 10.1. The topological polar surface area (TPSA) is 47.0 Å². The molecule has 0 amide bonds. The third-order valence-corrected chi connectivity index (χ3v) is 5.08. The van der Waals surface area contributed by atoms with Crippen LogP contribution in [0.1, 0.15) is 11.1 Å². The Kier molecular flexibility index (Phi) is 6.17. The van der Waals surface area contributed by atoms with E-state index in [-0.39, 0.29) is 12.4 Å². The van der Waals surface area contributed by atoms with E-state index >= 15 is 0 Å². The standard InChI is InChI=1S/C22H18BrN3O.ClH/c1-14-10-18-21(11-15(14)2)24-13-25-22(18)26-20-9-8-17(12-19(20)23)27-16-6-4-3-5-7-16;/h3-13H,1-2H3,(H,24,25,26);1H. The molecule has 4 nitrogen and oxygen atoms in total. The highest BCUT2D eigenvalue weighted by Gasteiger charge is 2.09. The number of ether oxygens (including phenoxy) is 1. The van der Waals surface area contributed by atoms with E-state index in [0.29, 0.717) is 0 Å². The molecule has 0 radical (unpaired) electrons. The van der Waals surface area contributed by atoms with Crippen LogP contribution < -0.4 is 10.1 Å². The zero-order chi connectivity index (χ0) is 18.8. The summed E-state index contributed by atoms with van der Waals surface area (Å²) in [6.45, 7) is 4.18. The Labute approximate surface area is 178 Å². The highest BCUT2D eigenvalue weighted by Crippen LogP contribution is 2.33. The average molecular weight is 457 g/mol. The number of aryl methyl sites for hydroxylation is 2. The van der Waals surface area contributed by atoms with Crippen molar-refractivity contribution in [2.75, 3.05) is 5.32 Å². The Morgan fingerprint density at radius 1 is 0.857 bits per heavy atom. The predicted octanol–water partition coefficient (Wildman–Crippen LogP) is 6.97. The zero-order valence-corrected chi connectivity index (χ0v) is 17.8. The van der Waals surface area contributed by atoms with Crippen molar-refractivity contribution < 1.29 is 4.74 Å². The molecule has 1 heterocycles. The molecule has 1 aromatic heterocycles. The van der Waals surface area contributed by atoms with Crippen molar-refractivity contribution in [2.45, 2.75) is 13.8 Å². The monoisotopic (exact) mass is 455 g/mol. The van der Waals surface area contributed by atoms with Crippen molar-refractivity contribution in [3.8, 4) is 11.5 Å². The first-order valence-corrected chi connectivity index (χ1v) is 9.41. The number of benzene rings is 3. The van der Waals surface area contributed by atoms with Gasteiger partial charge in [0.1, 0.15) is 23.6 Å². The van der Waals surface area contributed by atoms with Crippen molar-refractivity contribution in [3.63, 3.8) is 0 Å². The third kappa shape index (κ3) is 4.26. The highest BCUT2D eigenvalue weighted by atomic mass is 79.9. The van der Waals surface area contributed by atoms with Crippen LogP contribution in [0.4, 0.5) is 11.5 Å². The van der Waals surface area contributed by atoms with Gasteiger partial charge in [-0.15, -0.1) is 12.4 Å². The number of nitrogens with zero attached hydrogens (tertiary/aromatic N) is 2. The van der Waals surface area contributed by atoms with Crippen LogP contribution in [0.2, 0.25) is 0 Å². The van der Waals surface area contributed by atoms with Crippen molar-refractivity contribution >= 4 is 50.7 Å². The minimum Gasteiger partial charge on any atom is -0.457 e. The second kappa shape index (κ2) is 8.59. The first-order valence-electron chi connectivity index (χ1n) is 8.61.